The second-order valence-corrected chi connectivity index (χ2v) is 4.25. The molecule has 4 N–H and O–H groups in total. The summed E-state index contributed by atoms with van der Waals surface area (Å²) in [5.41, 5.74) is 0. The van der Waals surface area contributed by atoms with Crippen molar-refractivity contribution in [1.29, 1.82) is 0 Å². The largest absolute Gasteiger partial charge is 0.469 e. The Kier molecular flexibility index (Phi) is 6.63. The predicted octanol–water partition coefficient (Wildman–Crippen LogP) is -2.24. The van der Waals surface area contributed by atoms with Crippen LogP contribution < -0.4 is 0 Å². The molecule has 0 saturated carbocycles. The lowest BCUT2D eigenvalue weighted by Crippen LogP contribution is -2.59. The minimum Gasteiger partial charge on any atom is -0.469 e. The molecule has 5 atom stereocenters. The Balaban J connectivity index is 2.37. The van der Waals surface area contributed by atoms with Gasteiger partial charge in [-0.1, -0.05) is 0 Å². The molecule has 1 heterocycles. The predicted molar refractivity (Wildman–Crippen MR) is 61.0 cm³/mol. The molecule has 0 amide bonds. The van der Waals surface area contributed by atoms with Crippen LogP contribution >= 0.6 is 0 Å². The first-order chi connectivity index (χ1) is 9.01. The fraction of sp³-hybridized carbons (Fsp3) is 0.909. The highest BCUT2D eigenvalue weighted by atomic mass is 16.7. The minimum absolute atomic E-state index is 0.109. The van der Waals surface area contributed by atoms with Gasteiger partial charge in [0.2, 0.25) is 0 Å². The maximum absolute atomic E-state index is 10.9. The van der Waals surface area contributed by atoms with Crippen molar-refractivity contribution in [3.63, 3.8) is 0 Å². The molecule has 0 aromatic rings. The molecule has 0 aliphatic carbocycles. The number of ether oxygens (including phenoxy) is 3. The van der Waals surface area contributed by atoms with E-state index in [0.717, 1.165) is 0 Å². The molecule has 0 radical (unpaired) electrons. The van der Waals surface area contributed by atoms with Crippen LogP contribution in [-0.2, 0) is 19.0 Å². The topological polar surface area (TPSA) is 126 Å². The molecule has 1 rings (SSSR count). The Hall–Kier alpha value is -0.770. The number of hydrogen-bond donors (Lipinski definition) is 4. The summed E-state index contributed by atoms with van der Waals surface area (Å²) in [6, 6.07) is 0. The van der Waals surface area contributed by atoms with E-state index in [1.54, 1.807) is 0 Å². The van der Waals surface area contributed by atoms with Crippen LogP contribution in [0.15, 0.2) is 0 Å². The lowest BCUT2D eigenvalue weighted by atomic mass is 9.99. The standard InChI is InChI=1S/C11H20O8/c1-17-7(13)3-2-4-18-11-10(16)9(15)8(14)6(5-12)19-11/h6,8-12,14-16H,2-5H2,1H3/t6-,8+,9+,10-,11-/m1/s1. The Labute approximate surface area is 110 Å². The van der Waals surface area contributed by atoms with Gasteiger partial charge in [0.15, 0.2) is 6.29 Å². The number of aliphatic hydroxyl groups excluding tert-OH is 4. The summed E-state index contributed by atoms with van der Waals surface area (Å²) in [4.78, 5) is 10.9. The van der Waals surface area contributed by atoms with Crippen LogP contribution in [0, 0.1) is 0 Å². The second kappa shape index (κ2) is 7.73. The average molecular weight is 280 g/mol. The summed E-state index contributed by atoms with van der Waals surface area (Å²) in [5, 5.41) is 37.7. The van der Waals surface area contributed by atoms with Crippen LogP contribution in [0.2, 0.25) is 0 Å². The van der Waals surface area contributed by atoms with E-state index in [0.29, 0.717) is 6.42 Å². The van der Waals surface area contributed by atoms with Gasteiger partial charge in [0.05, 0.1) is 20.3 Å². The van der Waals surface area contributed by atoms with E-state index in [-0.39, 0.29) is 19.0 Å². The van der Waals surface area contributed by atoms with Gasteiger partial charge in [-0.25, -0.2) is 0 Å². The highest BCUT2D eigenvalue weighted by Crippen LogP contribution is 2.22. The van der Waals surface area contributed by atoms with Crippen LogP contribution in [0.25, 0.3) is 0 Å². The van der Waals surface area contributed by atoms with Gasteiger partial charge in [-0.05, 0) is 6.42 Å². The van der Waals surface area contributed by atoms with E-state index in [9.17, 15) is 20.1 Å². The summed E-state index contributed by atoms with van der Waals surface area (Å²) < 4.78 is 14.7. The number of carbonyl (C=O) groups excluding carboxylic acids is 1. The Bertz CT molecular complexity index is 282. The van der Waals surface area contributed by atoms with Crippen LogP contribution in [0.1, 0.15) is 12.8 Å². The summed E-state index contributed by atoms with van der Waals surface area (Å²) in [6.45, 7) is -0.398. The quantitative estimate of drug-likeness (QED) is 0.318. The molecule has 0 aromatic carbocycles. The van der Waals surface area contributed by atoms with E-state index in [4.69, 9.17) is 14.6 Å². The smallest absolute Gasteiger partial charge is 0.305 e. The van der Waals surface area contributed by atoms with E-state index >= 15 is 0 Å². The van der Waals surface area contributed by atoms with E-state index in [1.807, 2.05) is 0 Å². The van der Waals surface area contributed by atoms with Crippen LogP contribution in [-0.4, -0.2) is 77.4 Å². The third-order valence-corrected chi connectivity index (χ3v) is 2.88. The van der Waals surface area contributed by atoms with Gasteiger partial charge in [-0.2, -0.15) is 0 Å². The molecule has 0 bridgehead atoms. The first-order valence-electron chi connectivity index (χ1n) is 6.00. The zero-order valence-corrected chi connectivity index (χ0v) is 10.6. The molecule has 1 fully saturated rings. The van der Waals surface area contributed by atoms with Gasteiger partial charge in [0.25, 0.3) is 0 Å². The highest BCUT2D eigenvalue weighted by molar-refractivity contribution is 5.68. The molecule has 8 nitrogen and oxygen atoms in total. The lowest BCUT2D eigenvalue weighted by molar-refractivity contribution is -0.301. The fourth-order valence-electron chi connectivity index (χ4n) is 1.72. The third-order valence-electron chi connectivity index (χ3n) is 2.88. The number of methoxy groups -OCH3 is 1. The third kappa shape index (κ3) is 4.37. The normalized spacial score (nSPS) is 35.1. The van der Waals surface area contributed by atoms with E-state index in [1.165, 1.54) is 7.11 Å². The van der Waals surface area contributed by atoms with Crippen molar-refractivity contribution in [2.24, 2.45) is 0 Å². The van der Waals surface area contributed by atoms with Gasteiger partial charge in [0.1, 0.15) is 24.4 Å². The maximum atomic E-state index is 10.9. The number of aliphatic hydroxyl groups is 4. The van der Waals surface area contributed by atoms with Gasteiger partial charge in [-0.3, -0.25) is 4.79 Å². The maximum Gasteiger partial charge on any atom is 0.305 e. The van der Waals surface area contributed by atoms with Crippen molar-refractivity contribution < 1.29 is 39.4 Å². The Morgan fingerprint density at radius 3 is 2.47 bits per heavy atom. The van der Waals surface area contributed by atoms with Crippen molar-refractivity contribution in [1.82, 2.24) is 0 Å². The number of carbonyl (C=O) groups is 1. The summed E-state index contributed by atoms with van der Waals surface area (Å²) in [6.07, 6.45) is -5.92. The Morgan fingerprint density at radius 2 is 1.89 bits per heavy atom. The molecule has 0 spiro atoms. The molecule has 8 heteroatoms. The SMILES string of the molecule is COC(=O)CCCO[C@@H]1O[C@H](CO)[C@H](O)[C@H](O)[C@H]1O. The minimum atomic E-state index is -1.46. The van der Waals surface area contributed by atoms with Crippen LogP contribution in [0.3, 0.4) is 0 Å². The van der Waals surface area contributed by atoms with Crippen LogP contribution in [0.5, 0.6) is 0 Å². The summed E-state index contributed by atoms with van der Waals surface area (Å²) in [7, 11) is 1.28. The number of rotatable bonds is 6. The van der Waals surface area contributed by atoms with E-state index in [2.05, 4.69) is 4.74 Å². The van der Waals surface area contributed by atoms with E-state index < -0.39 is 37.3 Å². The molecule has 0 aromatic heterocycles. The van der Waals surface area contributed by atoms with Gasteiger partial charge in [0, 0.05) is 6.42 Å². The Morgan fingerprint density at radius 1 is 1.21 bits per heavy atom. The zero-order chi connectivity index (χ0) is 14.4. The van der Waals surface area contributed by atoms with Gasteiger partial charge >= 0.3 is 5.97 Å². The molecule has 19 heavy (non-hydrogen) atoms. The fourth-order valence-corrected chi connectivity index (χ4v) is 1.72. The second-order valence-electron chi connectivity index (χ2n) is 4.25. The molecular formula is C11H20O8. The summed E-state index contributed by atoms with van der Waals surface area (Å²) in [5.74, 6) is -0.377. The molecule has 1 saturated heterocycles. The lowest BCUT2D eigenvalue weighted by Gasteiger charge is -2.39. The average Bonchev–Trinajstić information content (AvgIpc) is 2.42. The zero-order valence-electron chi connectivity index (χ0n) is 10.6. The first kappa shape index (κ1) is 16.3. The summed E-state index contributed by atoms with van der Waals surface area (Å²) >= 11 is 0. The van der Waals surface area contributed by atoms with Gasteiger partial charge < -0.3 is 34.6 Å². The first-order valence-corrected chi connectivity index (χ1v) is 6.00. The molecular weight excluding hydrogens is 260 g/mol. The van der Waals surface area contributed by atoms with Crippen molar-refractivity contribution in [2.75, 3.05) is 20.3 Å². The molecule has 1 aliphatic rings. The number of hydrogen-bond acceptors (Lipinski definition) is 8. The molecule has 112 valence electrons. The van der Waals surface area contributed by atoms with Gasteiger partial charge in [-0.15, -0.1) is 0 Å². The van der Waals surface area contributed by atoms with Crippen molar-refractivity contribution in [2.45, 2.75) is 43.5 Å². The molecule has 1 aliphatic heterocycles. The van der Waals surface area contributed by atoms with Crippen molar-refractivity contribution >= 4 is 5.97 Å². The van der Waals surface area contributed by atoms with Crippen molar-refractivity contribution in [3.05, 3.63) is 0 Å². The molecule has 0 unspecified atom stereocenters. The monoisotopic (exact) mass is 280 g/mol. The van der Waals surface area contributed by atoms with Crippen molar-refractivity contribution in [3.8, 4) is 0 Å². The number of esters is 1. The van der Waals surface area contributed by atoms with Crippen LogP contribution in [0.4, 0.5) is 0 Å². The highest BCUT2D eigenvalue weighted by Gasteiger charge is 2.43.